The van der Waals surface area contributed by atoms with Gasteiger partial charge in [-0.15, -0.1) is 23.7 Å². The molecular formula is C10H11BrN2OS. The summed E-state index contributed by atoms with van der Waals surface area (Å²) >= 11 is 4.95. The van der Waals surface area contributed by atoms with E-state index < -0.39 is 6.04 Å². The fourth-order valence-corrected chi connectivity index (χ4v) is 2.40. The zero-order valence-electron chi connectivity index (χ0n) is 8.00. The molecule has 1 atom stereocenters. The van der Waals surface area contributed by atoms with Crippen LogP contribution in [0.15, 0.2) is 15.9 Å². The standard InChI is InChI=1S/C10H11BrN2OS/c1-2-3-8(12)10(14)13-6-9-7(11)4-5-15-9/h1,4-5,8H,3,6,12H2,(H,13,14). The molecule has 0 aliphatic carbocycles. The van der Waals surface area contributed by atoms with Gasteiger partial charge in [-0.1, -0.05) is 0 Å². The molecule has 0 bridgehead atoms. The van der Waals surface area contributed by atoms with E-state index in [-0.39, 0.29) is 12.3 Å². The van der Waals surface area contributed by atoms with Gasteiger partial charge >= 0.3 is 0 Å². The van der Waals surface area contributed by atoms with Crippen LogP contribution in [-0.2, 0) is 11.3 Å². The molecule has 5 heteroatoms. The summed E-state index contributed by atoms with van der Waals surface area (Å²) in [6, 6.07) is 1.32. The van der Waals surface area contributed by atoms with Crippen molar-refractivity contribution in [2.75, 3.05) is 0 Å². The van der Waals surface area contributed by atoms with Crippen molar-refractivity contribution in [2.24, 2.45) is 5.73 Å². The van der Waals surface area contributed by atoms with Crippen molar-refractivity contribution in [2.45, 2.75) is 19.0 Å². The van der Waals surface area contributed by atoms with Gasteiger partial charge in [0.15, 0.2) is 0 Å². The average molecular weight is 287 g/mol. The highest BCUT2D eigenvalue weighted by Gasteiger charge is 2.12. The minimum Gasteiger partial charge on any atom is -0.350 e. The van der Waals surface area contributed by atoms with Crippen LogP contribution in [0.25, 0.3) is 0 Å². The number of halogens is 1. The molecule has 0 aliphatic heterocycles. The SMILES string of the molecule is C#CCC(N)C(=O)NCc1sccc1Br. The van der Waals surface area contributed by atoms with E-state index in [4.69, 9.17) is 12.2 Å². The fourth-order valence-electron chi connectivity index (χ4n) is 0.969. The summed E-state index contributed by atoms with van der Waals surface area (Å²) in [4.78, 5) is 12.5. The number of nitrogens with two attached hydrogens (primary N) is 1. The highest BCUT2D eigenvalue weighted by Crippen LogP contribution is 2.22. The van der Waals surface area contributed by atoms with Crippen molar-refractivity contribution in [3.8, 4) is 12.3 Å². The van der Waals surface area contributed by atoms with Gasteiger partial charge in [0.2, 0.25) is 5.91 Å². The third kappa shape index (κ3) is 3.67. The highest BCUT2D eigenvalue weighted by molar-refractivity contribution is 9.10. The number of thiophene rings is 1. The molecule has 1 unspecified atom stereocenters. The van der Waals surface area contributed by atoms with Crippen molar-refractivity contribution in [3.63, 3.8) is 0 Å². The van der Waals surface area contributed by atoms with E-state index in [9.17, 15) is 4.79 Å². The molecule has 0 spiro atoms. The van der Waals surface area contributed by atoms with Gasteiger partial charge in [0, 0.05) is 15.8 Å². The average Bonchev–Trinajstić information content (AvgIpc) is 2.61. The number of nitrogens with one attached hydrogen (secondary N) is 1. The van der Waals surface area contributed by atoms with E-state index in [0.717, 1.165) is 9.35 Å². The van der Waals surface area contributed by atoms with Crippen LogP contribution in [0.1, 0.15) is 11.3 Å². The topological polar surface area (TPSA) is 55.1 Å². The van der Waals surface area contributed by atoms with Crippen LogP contribution in [-0.4, -0.2) is 11.9 Å². The zero-order chi connectivity index (χ0) is 11.3. The first kappa shape index (κ1) is 12.2. The van der Waals surface area contributed by atoms with Crippen LogP contribution in [0, 0.1) is 12.3 Å². The van der Waals surface area contributed by atoms with Gasteiger partial charge in [0.05, 0.1) is 12.6 Å². The Hall–Kier alpha value is -0.830. The summed E-state index contributed by atoms with van der Waals surface area (Å²) in [5.41, 5.74) is 5.54. The van der Waals surface area contributed by atoms with Gasteiger partial charge < -0.3 is 11.1 Å². The molecule has 1 rings (SSSR count). The molecule has 3 nitrogen and oxygen atoms in total. The molecule has 1 amide bonds. The molecule has 15 heavy (non-hydrogen) atoms. The summed E-state index contributed by atoms with van der Waals surface area (Å²) in [6.07, 6.45) is 5.33. The van der Waals surface area contributed by atoms with Crippen molar-refractivity contribution in [1.29, 1.82) is 0 Å². The largest absolute Gasteiger partial charge is 0.350 e. The van der Waals surface area contributed by atoms with Crippen LogP contribution in [0.4, 0.5) is 0 Å². The molecule has 0 radical (unpaired) electrons. The minimum absolute atomic E-state index is 0.215. The number of rotatable bonds is 4. The molecule has 0 aromatic carbocycles. The molecule has 1 heterocycles. The molecule has 1 aromatic rings. The molecular weight excluding hydrogens is 276 g/mol. The predicted molar refractivity (Wildman–Crippen MR) is 65.3 cm³/mol. The van der Waals surface area contributed by atoms with Crippen molar-refractivity contribution >= 4 is 33.2 Å². The van der Waals surface area contributed by atoms with Gasteiger partial charge in [-0.05, 0) is 27.4 Å². The molecule has 80 valence electrons. The Morgan fingerprint density at radius 1 is 1.80 bits per heavy atom. The van der Waals surface area contributed by atoms with Crippen LogP contribution < -0.4 is 11.1 Å². The van der Waals surface area contributed by atoms with Gasteiger partial charge in [0.25, 0.3) is 0 Å². The molecule has 0 saturated carbocycles. The van der Waals surface area contributed by atoms with Gasteiger partial charge in [-0.3, -0.25) is 4.79 Å². The second-order valence-electron chi connectivity index (χ2n) is 2.92. The number of terminal acetylenes is 1. The van der Waals surface area contributed by atoms with Crippen molar-refractivity contribution in [3.05, 3.63) is 20.8 Å². The highest BCUT2D eigenvalue weighted by atomic mass is 79.9. The molecule has 0 saturated heterocycles. The first-order valence-corrected chi connectivity index (χ1v) is 6.01. The first-order chi connectivity index (χ1) is 7.15. The van der Waals surface area contributed by atoms with E-state index >= 15 is 0 Å². The maximum atomic E-state index is 11.4. The maximum absolute atomic E-state index is 11.4. The Kier molecular flexibility index (Phi) is 4.82. The third-order valence-corrected chi connectivity index (χ3v) is 3.72. The van der Waals surface area contributed by atoms with E-state index in [1.54, 1.807) is 11.3 Å². The normalized spacial score (nSPS) is 11.8. The molecule has 1 aromatic heterocycles. The lowest BCUT2D eigenvalue weighted by Gasteiger charge is -2.08. The second-order valence-corrected chi connectivity index (χ2v) is 4.78. The van der Waals surface area contributed by atoms with Crippen molar-refractivity contribution in [1.82, 2.24) is 5.32 Å². The van der Waals surface area contributed by atoms with Gasteiger partial charge in [-0.2, -0.15) is 0 Å². The lowest BCUT2D eigenvalue weighted by molar-refractivity contribution is -0.122. The number of hydrogen-bond acceptors (Lipinski definition) is 3. The number of carbonyl (C=O) groups is 1. The third-order valence-electron chi connectivity index (χ3n) is 1.79. The zero-order valence-corrected chi connectivity index (χ0v) is 10.4. The Morgan fingerprint density at radius 2 is 2.53 bits per heavy atom. The summed E-state index contributed by atoms with van der Waals surface area (Å²) in [5.74, 6) is 2.15. The fraction of sp³-hybridized carbons (Fsp3) is 0.300. The summed E-state index contributed by atoms with van der Waals surface area (Å²) in [6.45, 7) is 0.482. The molecule has 0 aliphatic rings. The lowest BCUT2D eigenvalue weighted by Crippen LogP contribution is -2.39. The van der Waals surface area contributed by atoms with Crippen LogP contribution in [0.3, 0.4) is 0 Å². The smallest absolute Gasteiger partial charge is 0.238 e. The summed E-state index contributed by atoms with van der Waals surface area (Å²) < 4.78 is 0.998. The van der Waals surface area contributed by atoms with Gasteiger partial charge in [0.1, 0.15) is 0 Å². The van der Waals surface area contributed by atoms with E-state index in [1.165, 1.54) is 0 Å². The van der Waals surface area contributed by atoms with Gasteiger partial charge in [-0.25, -0.2) is 0 Å². The van der Waals surface area contributed by atoms with E-state index in [2.05, 4.69) is 27.2 Å². The number of hydrogen-bond donors (Lipinski definition) is 2. The number of carbonyl (C=O) groups excluding carboxylic acids is 1. The van der Waals surface area contributed by atoms with Crippen LogP contribution in [0.5, 0.6) is 0 Å². The Morgan fingerprint density at radius 3 is 3.07 bits per heavy atom. The maximum Gasteiger partial charge on any atom is 0.238 e. The second kappa shape index (κ2) is 5.91. The summed E-state index contributed by atoms with van der Waals surface area (Å²) in [7, 11) is 0. The monoisotopic (exact) mass is 286 g/mol. The van der Waals surface area contributed by atoms with Crippen LogP contribution >= 0.6 is 27.3 Å². The van der Waals surface area contributed by atoms with Crippen LogP contribution in [0.2, 0.25) is 0 Å². The Labute approximate surface area is 101 Å². The quantitative estimate of drug-likeness (QED) is 0.824. The predicted octanol–water partition coefficient (Wildman–Crippen LogP) is 1.48. The van der Waals surface area contributed by atoms with Crippen molar-refractivity contribution < 1.29 is 4.79 Å². The van der Waals surface area contributed by atoms with E-state index in [1.807, 2.05) is 11.4 Å². The Bertz CT molecular complexity index is 383. The molecule has 3 N–H and O–H groups in total. The first-order valence-electron chi connectivity index (χ1n) is 4.33. The minimum atomic E-state index is -0.617. The Balaban J connectivity index is 2.41. The van der Waals surface area contributed by atoms with E-state index in [0.29, 0.717) is 6.54 Å². The number of amides is 1. The summed E-state index contributed by atoms with van der Waals surface area (Å²) in [5, 5.41) is 4.68. The lowest BCUT2D eigenvalue weighted by atomic mass is 10.2. The molecule has 0 fully saturated rings.